The van der Waals surface area contributed by atoms with E-state index >= 15 is 0 Å². The maximum atomic E-state index is 10.6. The smallest absolute Gasteiger partial charge is 0.0946 e. The molecular weight excluding hydrogens is 188 g/mol. The van der Waals surface area contributed by atoms with Gasteiger partial charge in [-0.2, -0.15) is 0 Å². The van der Waals surface area contributed by atoms with E-state index < -0.39 is 5.60 Å². The molecule has 2 rings (SSSR count). The fourth-order valence-corrected chi connectivity index (χ4v) is 2.58. The van der Waals surface area contributed by atoms with Crippen LogP contribution in [0.5, 0.6) is 0 Å². The van der Waals surface area contributed by atoms with Gasteiger partial charge in [-0.1, -0.05) is 43.2 Å². The van der Waals surface area contributed by atoms with Gasteiger partial charge in [-0.3, -0.25) is 0 Å². The van der Waals surface area contributed by atoms with Crippen LogP contribution in [0.3, 0.4) is 0 Å². The number of aliphatic hydroxyl groups is 2. The van der Waals surface area contributed by atoms with Crippen molar-refractivity contribution in [2.75, 3.05) is 6.61 Å². The summed E-state index contributed by atoms with van der Waals surface area (Å²) in [6.07, 6.45) is 3.84. The second-order valence-electron chi connectivity index (χ2n) is 4.42. The average molecular weight is 206 g/mol. The molecule has 0 amide bonds. The normalized spacial score (nSPS) is 31.5. The number of rotatable bonds is 2. The molecule has 1 aromatic carbocycles. The molecule has 2 heteroatoms. The van der Waals surface area contributed by atoms with Crippen LogP contribution < -0.4 is 0 Å². The summed E-state index contributed by atoms with van der Waals surface area (Å²) >= 11 is 0. The topological polar surface area (TPSA) is 40.5 Å². The zero-order valence-corrected chi connectivity index (χ0v) is 8.89. The molecule has 1 saturated carbocycles. The minimum atomic E-state index is -0.811. The van der Waals surface area contributed by atoms with Crippen molar-refractivity contribution in [3.8, 4) is 0 Å². The summed E-state index contributed by atoms with van der Waals surface area (Å²) in [6.45, 7) is 0.0748. The fourth-order valence-electron chi connectivity index (χ4n) is 2.58. The Balaban J connectivity index is 2.30. The Morgan fingerprint density at radius 1 is 1.20 bits per heavy atom. The first-order chi connectivity index (χ1) is 7.27. The Morgan fingerprint density at radius 3 is 2.60 bits per heavy atom. The van der Waals surface area contributed by atoms with Crippen molar-refractivity contribution in [2.24, 2.45) is 5.92 Å². The predicted molar refractivity (Wildman–Crippen MR) is 59.4 cm³/mol. The minimum absolute atomic E-state index is 0.00588. The molecule has 1 aliphatic carbocycles. The highest BCUT2D eigenvalue weighted by atomic mass is 16.3. The van der Waals surface area contributed by atoms with Gasteiger partial charge in [-0.25, -0.2) is 0 Å². The summed E-state index contributed by atoms with van der Waals surface area (Å²) in [5, 5.41) is 20.0. The van der Waals surface area contributed by atoms with Gasteiger partial charge in [-0.05, 0) is 18.4 Å². The predicted octanol–water partition coefficient (Wildman–Crippen LogP) is 2.06. The zero-order valence-electron chi connectivity index (χ0n) is 8.89. The monoisotopic (exact) mass is 206 g/mol. The fraction of sp³-hybridized carbons (Fsp3) is 0.538. The third-order valence-electron chi connectivity index (χ3n) is 3.53. The molecule has 0 heterocycles. The van der Waals surface area contributed by atoms with E-state index in [0.717, 1.165) is 31.2 Å². The van der Waals surface area contributed by atoms with Gasteiger partial charge in [-0.15, -0.1) is 0 Å². The van der Waals surface area contributed by atoms with Crippen molar-refractivity contribution < 1.29 is 10.2 Å². The molecule has 1 unspecified atom stereocenters. The Hall–Kier alpha value is -0.860. The van der Waals surface area contributed by atoms with E-state index in [0.29, 0.717) is 0 Å². The highest BCUT2D eigenvalue weighted by Crippen LogP contribution is 2.41. The Labute approximate surface area is 90.6 Å². The molecule has 1 aromatic rings. The molecule has 0 radical (unpaired) electrons. The van der Waals surface area contributed by atoms with Crippen LogP contribution in [-0.2, 0) is 5.60 Å². The van der Waals surface area contributed by atoms with Crippen molar-refractivity contribution >= 4 is 0 Å². The first-order valence-electron chi connectivity index (χ1n) is 5.66. The molecule has 0 saturated heterocycles. The molecule has 0 aliphatic heterocycles. The summed E-state index contributed by atoms with van der Waals surface area (Å²) in [4.78, 5) is 0. The van der Waals surface area contributed by atoms with Crippen molar-refractivity contribution in [3.63, 3.8) is 0 Å². The Morgan fingerprint density at radius 2 is 1.93 bits per heavy atom. The van der Waals surface area contributed by atoms with E-state index in [4.69, 9.17) is 0 Å². The first-order valence-corrected chi connectivity index (χ1v) is 5.66. The third-order valence-corrected chi connectivity index (χ3v) is 3.53. The van der Waals surface area contributed by atoms with Gasteiger partial charge in [0.25, 0.3) is 0 Å². The van der Waals surface area contributed by atoms with Crippen LogP contribution >= 0.6 is 0 Å². The number of hydrogen-bond donors (Lipinski definition) is 2. The van der Waals surface area contributed by atoms with Crippen molar-refractivity contribution in [2.45, 2.75) is 31.3 Å². The van der Waals surface area contributed by atoms with Crippen molar-refractivity contribution in [3.05, 3.63) is 35.9 Å². The molecule has 2 nitrogen and oxygen atoms in total. The second-order valence-corrected chi connectivity index (χ2v) is 4.42. The van der Waals surface area contributed by atoms with E-state index in [9.17, 15) is 10.2 Å². The minimum Gasteiger partial charge on any atom is -0.396 e. The van der Waals surface area contributed by atoms with Crippen molar-refractivity contribution in [1.29, 1.82) is 0 Å². The van der Waals surface area contributed by atoms with Crippen LogP contribution in [0.25, 0.3) is 0 Å². The number of hydrogen-bond acceptors (Lipinski definition) is 2. The van der Waals surface area contributed by atoms with Gasteiger partial charge < -0.3 is 10.2 Å². The standard InChI is InChI=1S/C13H18O2/c14-10-12-8-4-5-9-13(12,15)11-6-2-1-3-7-11/h1-3,6-7,12,14-15H,4-5,8-10H2/t12?,13-/m0/s1. The van der Waals surface area contributed by atoms with Crippen LogP contribution in [0.2, 0.25) is 0 Å². The van der Waals surface area contributed by atoms with Crippen LogP contribution in [-0.4, -0.2) is 16.8 Å². The lowest BCUT2D eigenvalue weighted by Crippen LogP contribution is -2.39. The van der Waals surface area contributed by atoms with E-state index in [-0.39, 0.29) is 12.5 Å². The molecule has 0 bridgehead atoms. The first kappa shape index (κ1) is 10.7. The van der Waals surface area contributed by atoms with Crippen LogP contribution in [0.15, 0.2) is 30.3 Å². The lowest BCUT2D eigenvalue weighted by atomic mass is 9.72. The Kier molecular flexibility index (Phi) is 3.08. The number of benzene rings is 1. The number of aliphatic hydroxyl groups excluding tert-OH is 1. The van der Waals surface area contributed by atoms with Crippen molar-refractivity contribution in [1.82, 2.24) is 0 Å². The largest absolute Gasteiger partial charge is 0.396 e. The maximum Gasteiger partial charge on any atom is 0.0946 e. The molecule has 82 valence electrons. The highest BCUT2D eigenvalue weighted by molar-refractivity contribution is 5.23. The van der Waals surface area contributed by atoms with E-state index in [1.54, 1.807) is 0 Å². The summed E-state index contributed by atoms with van der Waals surface area (Å²) in [7, 11) is 0. The van der Waals surface area contributed by atoms with Crippen LogP contribution in [0, 0.1) is 5.92 Å². The summed E-state index contributed by atoms with van der Waals surface area (Å²) < 4.78 is 0. The lowest BCUT2D eigenvalue weighted by Gasteiger charge is -2.39. The highest BCUT2D eigenvalue weighted by Gasteiger charge is 2.39. The lowest BCUT2D eigenvalue weighted by molar-refractivity contribution is -0.0729. The van der Waals surface area contributed by atoms with Gasteiger partial charge >= 0.3 is 0 Å². The van der Waals surface area contributed by atoms with Gasteiger partial charge in [0.1, 0.15) is 0 Å². The zero-order chi connectivity index (χ0) is 10.7. The van der Waals surface area contributed by atoms with E-state index in [1.165, 1.54) is 0 Å². The van der Waals surface area contributed by atoms with Crippen LogP contribution in [0.4, 0.5) is 0 Å². The quantitative estimate of drug-likeness (QED) is 0.777. The van der Waals surface area contributed by atoms with Gasteiger partial charge in [0.2, 0.25) is 0 Å². The molecule has 2 atom stereocenters. The van der Waals surface area contributed by atoms with E-state index in [2.05, 4.69) is 0 Å². The molecule has 0 spiro atoms. The summed E-state index contributed by atoms with van der Waals surface area (Å²) in [5.41, 5.74) is 0.137. The molecular formula is C13H18O2. The second kappa shape index (κ2) is 4.33. The van der Waals surface area contributed by atoms with E-state index in [1.807, 2.05) is 30.3 Å². The molecule has 1 aliphatic rings. The summed E-state index contributed by atoms with van der Waals surface area (Å²) in [6, 6.07) is 9.73. The van der Waals surface area contributed by atoms with Gasteiger partial charge in [0.15, 0.2) is 0 Å². The molecule has 2 N–H and O–H groups in total. The average Bonchev–Trinajstić information content (AvgIpc) is 2.31. The molecule has 15 heavy (non-hydrogen) atoms. The third kappa shape index (κ3) is 1.92. The van der Waals surface area contributed by atoms with Gasteiger partial charge in [0.05, 0.1) is 5.60 Å². The van der Waals surface area contributed by atoms with Gasteiger partial charge in [0, 0.05) is 12.5 Å². The Bertz CT molecular complexity index is 310. The van der Waals surface area contributed by atoms with Crippen LogP contribution in [0.1, 0.15) is 31.2 Å². The summed E-state index contributed by atoms with van der Waals surface area (Å²) in [5.74, 6) is -0.00588. The maximum absolute atomic E-state index is 10.6. The molecule has 1 fully saturated rings. The molecule has 0 aromatic heterocycles. The SMILES string of the molecule is OCC1CCCC[C@]1(O)c1ccccc1.